The van der Waals surface area contributed by atoms with E-state index in [1.165, 1.54) is 5.56 Å². The molecule has 0 amide bonds. The number of sulfone groups is 1. The molecule has 2 rings (SSSR count). The Labute approximate surface area is 116 Å². The van der Waals surface area contributed by atoms with Gasteiger partial charge in [0.25, 0.3) is 0 Å². The number of hydrogen-bond donors (Lipinski definition) is 1. The SMILES string of the molecule is CC(CCc1ccccc1)NC1CCS(=O)(=O)CC1. The van der Waals surface area contributed by atoms with Crippen molar-refractivity contribution in [2.45, 2.75) is 44.7 Å². The number of aryl methyl sites for hydroxylation is 1. The number of nitrogens with one attached hydrogen (secondary N) is 1. The topological polar surface area (TPSA) is 46.2 Å². The van der Waals surface area contributed by atoms with Crippen molar-refractivity contribution in [3.05, 3.63) is 35.9 Å². The van der Waals surface area contributed by atoms with Crippen LogP contribution in [0.15, 0.2) is 30.3 Å². The first-order valence-corrected chi connectivity index (χ1v) is 8.88. The summed E-state index contributed by atoms with van der Waals surface area (Å²) in [4.78, 5) is 0. The summed E-state index contributed by atoms with van der Waals surface area (Å²) in [5, 5.41) is 3.56. The number of benzene rings is 1. The largest absolute Gasteiger partial charge is 0.311 e. The van der Waals surface area contributed by atoms with Gasteiger partial charge >= 0.3 is 0 Å². The first kappa shape index (κ1) is 14.5. The third kappa shape index (κ3) is 4.96. The van der Waals surface area contributed by atoms with Gasteiger partial charge in [-0.15, -0.1) is 0 Å². The van der Waals surface area contributed by atoms with Gasteiger partial charge in [0.1, 0.15) is 9.84 Å². The minimum Gasteiger partial charge on any atom is -0.311 e. The van der Waals surface area contributed by atoms with Crippen LogP contribution in [-0.4, -0.2) is 32.0 Å². The summed E-state index contributed by atoms with van der Waals surface area (Å²) in [6.07, 6.45) is 3.68. The van der Waals surface area contributed by atoms with E-state index in [0.717, 1.165) is 25.7 Å². The quantitative estimate of drug-likeness (QED) is 0.900. The van der Waals surface area contributed by atoms with Crippen molar-refractivity contribution in [2.75, 3.05) is 11.5 Å². The molecule has 1 aliphatic heterocycles. The predicted molar refractivity (Wildman–Crippen MR) is 79.0 cm³/mol. The maximum atomic E-state index is 11.4. The van der Waals surface area contributed by atoms with Crippen molar-refractivity contribution in [3.63, 3.8) is 0 Å². The molecule has 1 heterocycles. The lowest BCUT2D eigenvalue weighted by atomic mass is 10.0. The second-order valence-electron chi connectivity index (χ2n) is 5.52. The molecule has 0 saturated carbocycles. The normalized spacial score (nSPS) is 21.1. The molecular weight excluding hydrogens is 258 g/mol. The molecule has 0 aromatic heterocycles. The molecule has 3 nitrogen and oxygen atoms in total. The minimum atomic E-state index is -2.75. The fraction of sp³-hybridized carbons (Fsp3) is 0.600. The summed E-state index contributed by atoms with van der Waals surface area (Å²) < 4.78 is 22.7. The second kappa shape index (κ2) is 6.53. The summed E-state index contributed by atoms with van der Waals surface area (Å²) in [6.45, 7) is 2.19. The highest BCUT2D eigenvalue weighted by atomic mass is 32.2. The van der Waals surface area contributed by atoms with Gasteiger partial charge in [-0.05, 0) is 38.2 Å². The summed E-state index contributed by atoms with van der Waals surface area (Å²) in [5.41, 5.74) is 1.36. The lowest BCUT2D eigenvalue weighted by Gasteiger charge is -2.26. The average molecular weight is 281 g/mol. The Morgan fingerprint density at radius 3 is 2.47 bits per heavy atom. The van der Waals surface area contributed by atoms with Crippen LogP contribution in [0.4, 0.5) is 0 Å². The molecule has 4 heteroatoms. The van der Waals surface area contributed by atoms with E-state index in [2.05, 4.69) is 36.5 Å². The van der Waals surface area contributed by atoms with Gasteiger partial charge in [0, 0.05) is 12.1 Å². The number of rotatable bonds is 5. The molecule has 1 atom stereocenters. The van der Waals surface area contributed by atoms with Crippen LogP contribution in [0, 0.1) is 0 Å². The standard InChI is InChI=1S/C15H23NO2S/c1-13(7-8-14-5-3-2-4-6-14)16-15-9-11-19(17,18)12-10-15/h2-6,13,15-16H,7-12H2,1H3. The fourth-order valence-electron chi connectivity index (χ4n) is 2.57. The van der Waals surface area contributed by atoms with Gasteiger partial charge in [-0.3, -0.25) is 0 Å². The van der Waals surface area contributed by atoms with E-state index in [1.54, 1.807) is 0 Å². The fourth-order valence-corrected chi connectivity index (χ4v) is 4.06. The van der Waals surface area contributed by atoms with Crippen molar-refractivity contribution in [1.82, 2.24) is 5.32 Å². The summed E-state index contributed by atoms with van der Waals surface area (Å²) >= 11 is 0. The van der Waals surface area contributed by atoms with E-state index < -0.39 is 9.84 Å². The number of hydrogen-bond acceptors (Lipinski definition) is 3. The predicted octanol–water partition coefficient (Wildman–Crippen LogP) is 2.17. The molecule has 1 aromatic rings. The molecular formula is C15H23NO2S. The maximum Gasteiger partial charge on any atom is 0.150 e. The van der Waals surface area contributed by atoms with Crippen LogP contribution in [0.1, 0.15) is 31.7 Å². The third-order valence-corrected chi connectivity index (χ3v) is 5.50. The van der Waals surface area contributed by atoms with Gasteiger partial charge in [-0.25, -0.2) is 8.42 Å². The van der Waals surface area contributed by atoms with Crippen LogP contribution in [0.3, 0.4) is 0 Å². The highest BCUT2D eigenvalue weighted by Crippen LogP contribution is 2.14. The van der Waals surface area contributed by atoms with Crippen LogP contribution in [0.25, 0.3) is 0 Å². The zero-order valence-electron chi connectivity index (χ0n) is 11.5. The Morgan fingerprint density at radius 2 is 1.84 bits per heavy atom. The van der Waals surface area contributed by atoms with Gasteiger partial charge in [-0.2, -0.15) is 0 Å². The van der Waals surface area contributed by atoms with Crippen LogP contribution >= 0.6 is 0 Å². The molecule has 0 bridgehead atoms. The lowest BCUT2D eigenvalue weighted by Crippen LogP contribution is -2.42. The van der Waals surface area contributed by atoms with E-state index in [9.17, 15) is 8.42 Å². The molecule has 1 N–H and O–H groups in total. The van der Waals surface area contributed by atoms with E-state index >= 15 is 0 Å². The molecule has 1 saturated heterocycles. The Kier molecular flexibility index (Phi) is 4.99. The van der Waals surface area contributed by atoms with Crippen LogP contribution < -0.4 is 5.32 Å². The molecule has 0 spiro atoms. The summed E-state index contributed by atoms with van der Waals surface area (Å²) in [5.74, 6) is 0.687. The van der Waals surface area contributed by atoms with E-state index in [4.69, 9.17) is 0 Å². The molecule has 1 aliphatic rings. The van der Waals surface area contributed by atoms with Gasteiger partial charge in [0.05, 0.1) is 11.5 Å². The first-order chi connectivity index (χ1) is 9.05. The molecule has 106 valence electrons. The molecule has 0 aliphatic carbocycles. The third-order valence-electron chi connectivity index (χ3n) is 3.78. The second-order valence-corrected chi connectivity index (χ2v) is 7.82. The molecule has 0 radical (unpaired) electrons. The van der Waals surface area contributed by atoms with Crippen molar-refractivity contribution >= 4 is 9.84 Å². The van der Waals surface area contributed by atoms with Gasteiger partial charge in [-0.1, -0.05) is 30.3 Å². The highest BCUT2D eigenvalue weighted by molar-refractivity contribution is 7.91. The molecule has 19 heavy (non-hydrogen) atoms. The van der Waals surface area contributed by atoms with Crippen LogP contribution in [-0.2, 0) is 16.3 Å². The minimum absolute atomic E-state index is 0.343. The van der Waals surface area contributed by atoms with E-state index in [1.807, 2.05) is 6.07 Å². The van der Waals surface area contributed by atoms with Gasteiger partial charge in [0.15, 0.2) is 0 Å². The zero-order chi connectivity index (χ0) is 13.7. The Balaban J connectivity index is 1.72. The van der Waals surface area contributed by atoms with Crippen molar-refractivity contribution in [3.8, 4) is 0 Å². The monoisotopic (exact) mass is 281 g/mol. The maximum absolute atomic E-state index is 11.4. The van der Waals surface area contributed by atoms with Crippen molar-refractivity contribution < 1.29 is 8.42 Å². The van der Waals surface area contributed by atoms with Crippen molar-refractivity contribution in [1.29, 1.82) is 0 Å². The Bertz CT molecular complexity index is 470. The van der Waals surface area contributed by atoms with E-state index in [0.29, 0.717) is 23.6 Å². The van der Waals surface area contributed by atoms with Crippen LogP contribution in [0.5, 0.6) is 0 Å². The average Bonchev–Trinajstić information content (AvgIpc) is 2.40. The zero-order valence-corrected chi connectivity index (χ0v) is 12.3. The first-order valence-electron chi connectivity index (χ1n) is 7.05. The Morgan fingerprint density at radius 1 is 1.21 bits per heavy atom. The van der Waals surface area contributed by atoms with Crippen molar-refractivity contribution in [2.24, 2.45) is 0 Å². The van der Waals surface area contributed by atoms with Crippen LogP contribution in [0.2, 0.25) is 0 Å². The molecule has 1 fully saturated rings. The smallest absolute Gasteiger partial charge is 0.150 e. The Hall–Kier alpha value is -0.870. The molecule has 1 unspecified atom stereocenters. The van der Waals surface area contributed by atoms with E-state index in [-0.39, 0.29) is 0 Å². The highest BCUT2D eigenvalue weighted by Gasteiger charge is 2.24. The summed E-state index contributed by atoms with van der Waals surface area (Å²) in [6, 6.07) is 11.3. The lowest BCUT2D eigenvalue weighted by molar-refractivity contribution is 0.400. The van der Waals surface area contributed by atoms with Gasteiger partial charge in [0.2, 0.25) is 0 Å². The van der Waals surface area contributed by atoms with Gasteiger partial charge < -0.3 is 5.32 Å². The summed E-state index contributed by atoms with van der Waals surface area (Å²) in [7, 11) is -2.75. The molecule has 1 aromatic carbocycles.